The molecule has 7 nitrogen and oxygen atoms in total. The molecule has 3 rings (SSSR count). The molecule has 0 aliphatic heterocycles. The van der Waals surface area contributed by atoms with Crippen LogP contribution >= 0.6 is 11.3 Å². The van der Waals surface area contributed by atoms with E-state index in [1.54, 1.807) is 43.3 Å². The summed E-state index contributed by atoms with van der Waals surface area (Å²) in [5.74, 6) is 0.955. The maximum atomic E-state index is 13.3. The molecule has 0 radical (unpaired) electrons. The Labute approximate surface area is 185 Å². The van der Waals surface area contributed by atoms with Crippen molar-refractivity contribution in [1.29, 1.82) is 0 Å². The van der Waals surface area contributed by atoms with Crippen molar-refractivity contribution in [1.82, 2.24) is 4.90 Å². The second-order valence-corrected chi connectivity index (χ2v) is 7.64. The van der Waals surface area contributed by atoms with E-state index < -0.39 is 0 Å². The van der Waals surface area contributed by atoms with Gasteiger partial charge in [0.25, 0.3) is 11.8 Å². The number of methoxy groups -OCH3 is 3. The Morgan fingerprint density at radius 3 is 2.35 bits per heavy atom. The average molecular weight is 441 g/mol. The molecule has 162 valence electrons. The number of ether oxygens (including phenoxy) is 3. The van der Waals surface area contributed by atoms with E-state index >= 15 is 0 Å². The molecule has 2 amide bonds. The highest BCUT2D eigenvalue weighted by atomic mass is 32.1. The van der Waals surface area contributed by atoms with Gasteiger partial charge >= 0.3 is 0 Å². The van der Waals surface area contributed by atoms with Crippen molar-refractivity contribution in [2.24, 2.45) is 0 Å². The van der Waals surface area contributed by atoms with Gasteiger partial charge in [0.15, 0.2) is 11.5 Å². The number of hydrogen-bond donors (Lipinski definition) is 1. The molecule has 0 saturated carbocycles. The number of nitrogens with zero attached hydrogens (tertiary/aromatic N) is 1. The molecular weight excluding hydrogens is 416 g/mol. The van der Waals surface area contributed by atoms with Crippen molar-refractivity contribution in [2.45, 2.75) is 6.54 Å². The molecule has 1 N–H and O–H groups in total. The summed E-state index contributed by atoms with van der Waals surface area (Å²) in [4.78, 5) is 28.0. The number of amides is 2. The van der Waals surface area contributed by atoms with Gasteiger partial charge in [-0.2, -0.15) is 0 Å². The lowest BCUT2D eigenvalue weighted by atomic mass is 10.1. The van der Waals surface area contributed by atoms with Crippen molar-refractivity contribution in [3.05, 3.63) is 69.9 Å². The van der Waals surface area contributed by atoms with Crippen LogP contribution in [0.25, 0.3) is 0 Å². The van der Waals surface area contributed by atoms with E-state index in [2.05, 4.69) is 5.32 Å². The fourth-order valence-electron chi connectivity index (χ4n) is 3.07. The molecule has 1 aromatic heterocycles. The van der Waals surface area contributed by atoms with Gasteiger partial charge in [-0.1, -0.05) is 18.2 Å². The summed E-state index contributed by atoms with van der Waals surface area (Å²) in [7, 11) is 6.29. The number of carbonyl (C=O) groups excluding carboxylic acids is 2. The van der Waals surface area contributed by atoms with Crippen molar-refractivity contribution < 1.29 is 23.8 Å². The second kappa shape index (κ2) is 9.99. The summed E-state index contributed by atoms with van der Waals surface area (Å²) in [5, 5.41) is 4.64. The van der Waals surface area contributed by atoms with Gasteiger partial charge in [-0.3, -0.25) is 9.59 Å². The first-order valence-corrected chi connectivity index (χ1v) is 10.3. The van der Waals surface area contributed by atoms with Crippen LogP contribution in [0.2, 0.25) is 0 Å². The molecule has 0 unspecified atom stereocenters. The van der Waals surface area contributed by atoms with Crippen LogP contribution in [0.4, 0.5) is 5.69 Å². The highest BCUT2D eigenvalue weighted by Crippen LogP contribution is 2.34. The lowest BCUT2D eigenvalue weighted by molar-refractivity contribution is 0.0785. The maximum Gasteiger partial charge on any atom is 0.265 e. The van der Waals surface area contributed by atoms with Crippen LogP contribution in [-0.4, -0.2) is 45.1 Å². The Morgan fingerprint density at radius 1 is 0.968 bits per heavy atom. The topological polar surface area (TPSA) is 77.1 Å². The van der Waals surface area contributed by atoms with Gasteiger partial charge in [0, 0.05) is 19.7 Å². The number of nitrogens with one attached hydrogen (secondary N) is 1. The van der Waals surface area contributed by atoms with E-state index in [1.807, 2.05) is 29.6 Å². The molecule has 0 atom stereocenters. The van der Waals surface area contributed by atoms with Gasteiger partial charge in [-0.25, -0.2) is 0 Å². The third-order valence-electron chi connectivity index (χ3n) is 4.65. The number of anilines is 1. The number of rotatable bonds is 8. The van der Waals surface area contributed by atoms with Gasteiger partial charge < -0.3 is 24.4 Å². The van der Waals surface area contributed by atoms with E-state index in [0.29, 0.717) is 39.9 Å². The molecule has 0 saturated heterocycles. The standard InChI is InChI=1S/C23H24N2O5S/c1-25(14-15-7-5-8-16(11-15)28-2)23(27)17-12-19(29-3)20(30-4)13-18(17)24-22(26)21-9-6-10-31-21/h5-13H,14H2,1-4H3,(H,24,26). The van der Waals surface area contributed by atoms with Crippen molar-refractivity contribution in [2.75, 3.05) is 33.7 Å². The minimum Gasteiger partial charge on any atom is -0.497 e. The fourth-order valence-corrected chi connectivity index (χ4v) is 3.69. The molecular formula is C23H24N2O5S. The number of carbonyl (C=O) groups is 2. The van der Waals surface area contributed by atoms with E-state index in [0.717, 1.165) is 5.56 Å². The molecule has 0 aliphatic carbocycles. The third kappa shape index (κ3) is 5.16. The van der Waals surface area contributed by atoms with Gasteiger partial charge in [0.05, 0.1) is 37.5 Å². The predicted molar refractivity (Wildman–Crippen MR) is 121 cm³/mol. The molecule has 0 spiro atoms. The molecule has 0 aliphatic rings. The van der Waals surface area contributed by atoms with E-state index in [9.17, 15) is 9.59 Å². The summed E-state index contributed by atoms with van der Waals surface area (Å²) in [6, 6.07) is 14.2. The van der Waals surface area contributed by atoms with Crippen LogP contribution in [0.5, 0.6) is 17.2 Å². The van der Waals surface area contributed by atoms with Crippen molar-refractivity contribution >= 4 is 28.8 Å². The van der Waals surface area contributed by atoms with Crippen LogP contribution < -0.4 is 19.5 Å². The summed E-state index contributed by atoms with van der Waals surface area (Å²) < 4.78 is 16.0. The fraction of sp³-hybridized carbons (Fsp3) is 0.217. The Kier molecular flexibility index (Phi) is 7.15. The minimum absolute atomic E-state index is 0.273. The van der Waals surface area contributed by atoms with Crippen LogP contribution in [0.15, 0.2) is 53.9 Å². The molecule has 2 aromatic carbocycles. The van der Waals surface area contributed by atoms with Crippen LogP contribution in [0.3, 0.4) is 0 Å². The average Bonchev–Trinajstić information content (AvgIpc) is 3.33. The Balaban J connectivity index is 1.92. The lowest BCUT2D eigenvalue weighted by Crippen LogP contribution is -2.27. The monoisotopic (exact) mass is 440 g/mol. The number of hydrogen-bond acceptors (Lipinski definition) is 6. The minimum atomic E-state index is -0.299. The maximum absolute atomic E-state index is 13.3. The number of benzene rings is 2. The Morgan fingerprint density at radius 2 is 1.71 bits per heavy atom. The van der Waals surface area contributed by atoms with Gasteiger partial charge in [0.2, 0.25) is 0 Å². The first kappa shape index (κ1) is 22.2. The molecule has 1 heterocycles. The zero-order chi connectivity index (χ0) is 22.4. The molecule has 0 fully saturated rings. The Bertz CT molecular complexity index is 1070. The van der Waals surface area contributed by atoms with Crippen LogP contribution in [-0.2, 0) is 6.54 Å². The summed E-state index contributed by atoms with van der Waals surface area (Å²) in [5.41, 5.74) is 1.56. The van der Waals surface area contributed by atoms with E-state index in [-0.39, 0.29) is 11.8 Å². The molecule has 3 aromatic rings. The molecule has 31 heavy (non-hydrogen) atoms. The SMILES string of the molecule is COc1cccc(CN(C)C(=O)c2cc(OC)c(OC)cc2NC(=O)c2cccs2)c1. The van der Waals surface area contributed by atoms with Crippen LogP contribution in [0.1, 0.15) is 25.6 Å². The smallest absolute Gasteiger partial charge is 0.265 e. The predicted octanol–water partition coefficient (Wildman–Crippen LogP) is 4.30. The lowest BCUT2D eigenvalue weighted by Gasteiger charge is -2.21. The first-order chi connectivity index (χ1) is 15.0. The number of thiophene rings is 1. The van der Waals surface area contributed by atoms with Gasteiger partial charge in [-0.05, 0) is 35.2 Å². The largest absolute Gasteiger partial charge is 0.497 e. The van der Waals surface area contributed by atoms with Gasteiger partial charge in [0.1, 0.15) is 5.75 Å². The van der Waals surface area contributed by atoms with E-state index in [4.69, 9.17) is 14.2 Å². The van der Waals surface area contributed by atoms with Crippen molar-refractivity contribution in [3.63, 3.8) is 0 Å². The molecule has 8 heteroatoms. The third-order valence-corrected chi connectivity index (χ3v) is 5.52. The summed E-state index contributed by atoms with van der Waals surface area (Å²) >= 11 is 1.32. The first-order valence-electron chi connectivity index (χ1n) is 9.46. The molecule has 0 bridgehead atoms. The van der Waals surface area contributed by atoms with E-state index in [1.165, 1.54) is 25.6 Å². The Hall–Kier alpha value is -3.52. The zero-order valence-corrected chi connectivity index (χ0v) is 18.6. The highest BCUT2D eigenvalue weighted by molar-refractivity contribution is 7.12. The summed E-state index contributed by atoms with van der Waals surface area (Å²) in [6.07, 6.45) is 0. The summed E-state index contributed by atoms with van der Waals surface area (Å²) in [6.45, 7) is 0.364. The second-order valence-electron chi connectivity index (χ2n) is 6.70. The normalized spacial score (nSPS) is 10.3. The van der Waals surface area contributed by atoms with Crippen molar-refractivity contribution in [3.8, 4) is 17.2 Å². The van der Waals surface area contributed by atoms with Crippen LogP contribution in [0, 0.1) is 0 Å². The quantitative estimate of drug-likeness (QED) is 0.565. The highest BCUT2D eigenvalue weighted by Gasteiger charge is 2.22. The van der Waals surface area contributed by atoms with Gasteiger partial charge in [-0.15, -0.1) is 11.3 Å². The zero-order valence-electron chi connectivity index (χ0n) is 17.8.